The highest BCUT2D eigenvalue weighted by Gasteiger charge is 2.32. The molecule has 1 N–H and O–H groups in total. The Morgan fingerprint density at radius 3 is 2.95 bits per heavy atom. The van der Waals surface area contributed by atoms with Gasteiger partial charge < -0.3 is 19.7 Å². The molecule has 120 valence electrons. The average Bonchev–Trinajstić information content (AvgIpc) is 2.84. The molecule has 3 saturated heterocycles. The Bertz CT molecular complexity index is 357. The van der Waals surface area contributed by atoms with Crippen LogP contribution >= 0.6 is 0 Å². The Morgan fingerprint density at radius 1 is 1.29 bits per heavy atom. The third-order valence-electron chi connectivity index (χ3n) is 4.99. The summed E-state index contributed by atoms with van der Waals surface area (Å²) in [6, 6.07) is 1.09. The second-order valence-electron chi connectivity index (χ2n) is 6.67. The number of ether oxygens (including phenoxy) is 2. The first-order valence-corrected chi connectivity index (χ1v) is 8.50. The van der Waals surface area contributed by atoms with E-state index in [4.69, 9.17) is 9.47 Å². The van der Waals surface area contributed by atoms with Gasteiger partial charge in [-0.15, -0.1) is 0 Å². The molecule has 5 heteroatoms. The maximum atomic E-state index is 12.5. The van der Waals surface area contributed by atoms with Crippen molar-refractivity contribution in [3.63, 3.8) is 0 Å². The maximum Gasteiger partial charge on any atom is 0.251 e. The Kier molecular flexibility index (Phi) is 5.14. The molecule has 3 aliphatic rings. The molecule has 0 aromatic heterocycles. The van der Waals surface area contributed by atoms with E-state index in [0.717, 1.165) is 39.0 Å². The number of nitrogens with one attached hydrogen (secondary N) is 1. The van der Waals surface area contributed by atoms with Gasteiger partial charge in [-0.3, -0.25) is 4.79 Å². The fourth-order valence-corrected chi connectivity index (χ4v) is 3.66. The SMILES string of the molecule is CC(OCC1CCCCO1)C(=O)N1CCC2CCC(C1)N2. The third kappa shape index (κ3) is 3.96. The lowest BCUT2D eigenvalue weighted by atomic mass is 10.1. The molecule has 0 aromatic rings. The Hall–Kier alpha value is -0.650. The number of rotatable bonds is 4. The predicted molar refractivity (Wildman–Crippen MR) is 80.1 cm³/mol. The van der Waals surface area contributed by atoms with E-state index in [2.05, 4.69) is 5.32 Å². The van der Waals surface area contributed by atoms with Gasteiger partial charge >= 0.3 is 0 Å². The van der Waals surface area contributed by atoms with Crippen molar-refractivity contribution in [3.05, 3.63) is 0 Å². The molecule has 3 fully saturated rings. The summed E-state index contributed by atoms with van der Waals surface area (Å²) < 4.78 is 11.4. The highest BCUT2D eigenvalue weighted by atomic mass is 16.5. The van der Waals surface area contributed by atoms with Crippen molar-refractivity contribution in [2.75, 3.05) is 26.3 Å². The summed E-state index contributed by atoms with van der Waals surface area (Å²) in [5.74, 6) is 0.139. The van der Waals surface area contributed by atoms with Gasteiger partial charge in [0.05, 0.1) is 12.7 Å². The van der Waals surface area contributed by atoms with Gasteiger partial charge in [0.1, 0.15) is 6.10 Å². The zero-order valence-corrected chi connectivity index (χ0v) is 13.1. The van der Waals surface area contributed by atoms with E-state index >= 15 is 0 Å². The molecule has 0 aromatic carbocycles. The molecule has 21 heavy (non-hydrogen) atoms. The summed E-state index contributed by atoms with van der Waals surface area (Å²) in [6.07, 6.45) is 6.75. The van der Waals surface area contributed by atoms with Crippen LogP contribution in [-0.4, -0.2) is 61.4 Å². The fraction of sp³-hybridized carbons (Fsp3) is 0.938. The molecule has 3 aliphatic heterocycles. The molecule has 0 radical (unpaired) electrons. The molecule has 4 atom stereocenters. The largest absolute Gasteiger partial charge is 0.376 e. The highest BCUT2D eigenvalue weighted by molar-refractivity contribution is 5.80. The average molecular weight is 296 g/mol. The van der Waals surface area contributed by atoms with Gasteiger partial charge in [0.25, 0.3) is 5.91 Å². The molecular weight excluding hydrogens is 268 g/mol. The van der Waals surface area contributed by atoms with Crippen LogP contribution in [-0.2, 0) is 14.3 Å². The summed E-state index contributed by atoms with van der Waals surface area (Å²) in [5, 5.41) is 3.61. The summed E-state index contributed by atoms with van der Waals surface area (Å²) in [6.45, 7) is 4.95. The van der Waals surface area contributed by atoms with Gasteiger partial charge in [-0.1, -0.05) is 0 Å². The smallest absolute Gasteiger partial charge is 0.251 e. The van der Waals surface area contributed by atoms with Crippen molar-refractivity contribution in [2.45, 2.75) is 69.7 Å². The zero-order chi connectivity index (χ0) is 14.7. The van der Waals surface area contributed by atoms with Crippen molar-refractivity contribution in [3.8, 4) is 0 Å². The number of carbonyl (C=O) groups is 1. The van der Waals surface area contributed by atoms with Gasteiger partial charge in [-0.25, -0.2) is 0 Å². The monoisotopic (exact) mass is 296 g/mol. The lowest BCUT2D eigenvalue weighted by Crippen LogP contribution is -2.44. The summed E-state index contributed by atoms with van der Waals surface area (Å²) in [5.41, 5.74) is 0. The van der Waals surface area contributed by atoms with Gasteiger partial charge in [-0.2, -0.15) is 0 Å². The van der Waals surface area contributed by atoms with Crippen LogP contribution in [0.15, 0.2) is 0 Å². The topological polar surface area (TPSA) is 50.8 Å². The van der Waals surface area contributed by atoms with Crippen molar-refractivity contribution in [1.29, 1.82) is 0 Å². The Labute approximate surface area is 127 Å². The molecule has 2 bridgehead atoms. The summed E-state index contributed by atoms with van der Waals surface area (Å²) >= 11 is 0. The molecule has 1 amide bonds. The minimum atomic E-state index is -0.354. The van der Waals surface area contributed by atoms with Crippen LogP contribution in [0.2, 0.25) is 0 Å². The van der Waals surface area contributed by atoms with E-state index in [1.165, 1.54) is 19.3 Å². The van der Waals surface area contributed by atoms with Crippen LogP contribution in [0.5, 0.6) is 0 Å². The molecule has 3 heterocycles. The van der Waals surface area contributed by atoms with Gasteiger partial charge in [0.2, 0.25) is 0 Å². The number of fused-ring (bicyclic) bond motifs is 2. The van der Waals surface area contributed by atoms with Gasteiger partial charge in [0, 0.05) is 31.8 Å². The predicted octanol–water partition coefficient (Wildman–Crippen LogP) is 1.31. The van der Waals surface area contributed by atoms with Crippen molar-refractivity contribution < 1.29 is 14.3 Å². The molecule has 0 spiro atoms. The number of hydrogen-bond acceptors (Lipinski definition) is 4. The molecule has 0 aliphatic carbocycles. The Balaban J connectivity index is 1.45. The number of carbonyl (C=O) groups excluding carboxylic acids is 1. The van der Waals surface area contributed by atoms with Crippen LogP contribution in [0.3, 0.4) is 0 Å². The van der Waals surface area contributed by atoms with E-state index in [0.29, 0.717) is 18.7 Å². The lowest BCUT2D eigenvalue weighted by Gasteiger charge is -2.28. The summed E-state index contributed by atoms with van der Waals surface area (Å²) in [7, 11) is 0. The molecule has 3 rings (SSSR count). The second kappa shape index (κ2) is 7.07. The number of hydrogen-bond donors (Lipinski definition) is 1. The molecule has 0 saturated carbocycles. The van der Waals surface area contributed by atoms with Crippen molar-refractivity contribution >= 4 is 5.91 Å². The van der Waals surface area contributed by atoms with Crippen LogP contribution < -0.4 is 5.32 Å². The summed E-state index contributed by atoms with van der Waals surface area (Å²) in [4.78, 5) is 14.5. The number of nitrogens with zero attached hydrogens (tertiary/aromatic N) is 1. The number of likely N-dealkylation sites (tertiary alicyclic amines) is 1. The highest BCUT2D eigenvalue weighted by Crippen LogP contribution is 2.21. The fourth-order valence-electron chi connectivity index (χ4n) is 3.66. The van der Waals surface area contributed by atoms with Crippen molar-refractivity contribution in [1.82, 2.24) is 10.2 Å². The molecular formula is C16H28N2O3. The standard InChI is InChI=1S/C16H28N2O3/c1-12(21-11-15-4-2-3-9-20-15)16(19)18-8-7-13-5-6-14(10-18)17-13/h12-15,17H,2-11H2,1H3. The zero-order valence-electron chi connectivity index (χ0n) is 13.1. The van der Waals surface area contributed by atoms with Crippen LogP contribution in [0.25, 0.3) is 0 Å². The van der Waals surface area contributed by atoms with Crippen LogP contribution in [0, 0.1) is 0 Å². The maximum absolute atomic E-state index is 12.5. The second-order valence-corrected chi connectivity index (χ2v) is 6.67. The van der Waals surface area contributed by atoms with E-state index in [1.54, 1.807) is 0 Å². The third-order valence-corrected chi connectivity index (χ3v) is 4.99. The first-order chi connectivity index (χ1) is 10.2. The minimum Gasteiger partial charge on any atom is -0.376 e. The van der Waals surface area contributed by atoms with Crippen molar-refractivity contribution in [2.24, 2.45) is 0 Å². The Morgan fingerprint density at radius 2 is 2.14 bits per heavy atom. The quantitative estimate of drug-likeness (QED) is 0.850. The molecule has 4 unspecified atom stereocenters. The lowest BCUT2D eigenvalue weighted by molar-refractivity contribution is -0.146. The van der Waals surface area contributed by atoms with E-state index in [-0.39, 0.29) is 18.1 Å². The first-order valence-electron chi connectivity index (χ1n) is 8.50. The van der Waals surface area contributed by atoms with E-state index < -0.39 is 0 Å². The van der Waals surface area contributed by atoms with Gasteiger partial charge in [0.15, 0.2) is 0 Å². The first kappa shape index (κ1) is 15.3. The van der Waals surface area contributed by atoms with E-state index in [9.17, 15) is 4.79 Å². The van der Waals surface area contributed by atoms with Crippen LogP contribution in [0.1, 0.15) is 45.4 Å². The molecule has 5 nitrogen and oxygen atoms in total. The van der Waals surface area contributed by atoms with Crippen LogP contribution in [0.4, 0.5) is 0 Å². The number of amides is 1. The minimum absolute atomic E-state index is 0.139. The normalized spacial score (nSPS) is 34.5. The van der Waals surface area contributed by atoms with E-state index in [1.807, 2.05) is 11.8 Å². The van der Waals surface area contributed by atoms with Gasteiger partial charge in [-0.05, 0) is 45.4 Å².